The Morgan fingerprint density at radius 3 is 2.15 bits per heavy atom. The average molecular weight is 611 g/mol. The maximum absolute atomic E-state index is 13.9. The second kappa shape index (κ2) is 13.5. The summed E-state index contributed by atoms with van der Waals surface area (Å²) in [5, 5.41) is 3.93. The van der Waals surface area contributed by atoms with Crippen LogP contribution in [-0.2, 0) is 26.2 Å². The molecular formula is C28H30Cl3N3O4S. The third kappa shape index (κ3) is 8.11. The van der Waals surface area contributed by atoms with Gasteiger partial charge in [0.1, 0.15) is 12.6 Å². The van der Waals surface area contributed by atoms with Crippen LogP contribution in [0.2, 0.25) is 15.1 Å². The monoisotopic (exact) mass is 609 g/mol. The number of carbonyl (C=O) groups excluding carboxylic acids is 2. The molecule has 3 aromatic carbocycles. The van der Waals surface area contributed by atoms with Crippen molar-refractivity contribution in [1.82, 2.24) is 10.2 Å². The number of benzene rings is 3. The Balaban J connectivity index is 2.02. The smallest absolute Gasteiger partial charge is 0.264 e. The normalized spacial score (nSPS) is 12.2. The number of anilines is 1. The van der Waals surface area contributed by atoms with Gasteiger partial charge in [0.25, 0.3) is 10.0 Å². The van der Waals surface area contributed by atoms with E-state index in [0.29, 0.717) is 27.2 Å². The lowest BCUT2D eigenvalue weighted by atomic mass is 10.1. The molecule has 0 radical (unpaired) electrons. The summed E-state index contributed by atoms with van der Waals surface area (Å²) in [6.45, 7) is 5.36. The number of halogens is 3. The Labute approximate surface area is 244 Å². The van der Waals surface area contributed by atoms with E-state index in [1.54, 1.807) is 49.4 Å². The molecular weight excluding hydrogens is 581 g/mol. The molecule has 0 aromatic heterocycles. The zero-order valence-corrected chi connectivity index (χ0v) is 24.9. The summed E-state index contributed by atoms with van der Waals surface area (Å²) >= 11 is 18.5. The SMILES string of the molecule is CC(C)CNC(=O)[C@H](C)N(Cc1ccccc1Cl)C(=O)CN(c1cccc(Cl)c1)S(=O)(=O)c1ccc(Cl)cc1. The molecule has 2 amide bonds. The average Bonchev–Trinajstić information content (AvgIpc) is 2.89. The number of carbonyl (C=O) groups is 2. The fraction of sp³-hybridized carbons (Fsp3) is 0.286. The van der Waals surface area contributed by atoms with E-state index in [4.69, 9.17) is 34.8 Å². The van der Waals surface area contributed by atoms with Gasteiger partial charge in [0.05, 0.1) is 10.6 Å². The van der Waals surface area contributed by atoms with Gasteiger partial charge < -0.3 is 10.2 Å². The van der Waals surface area contributed by atoms with Crippen molar-refractivity contribution >= 4 is 62.3 Å². The molecule has 0 aliphatic rings. The first-order chi connectivity index (χ1) is 18.4. The minimum absolute atomic E-state index is 0.000843. The summed E-state index contributed by atoms with van der Waals surface area (Å²) in [7, 11) is -4.22. The van der Waals surface area contributed by atoms with Gasteiger partial charge in [-0.15, -0.1) is 0 Å². The first kappa shape index (κ1) is 30.8. The maximum atomic E-state index is 13.9. The molecule has 1 N–H and O–H groups in total. The summed E-state index contributed by atoms with van der Waals surface area (Å²) in [6, 6.07) is 17.9. The Morgan fingerprint density at radius 1 is 0.872 bits per heavy atom. The quantitative estimate of drug-likeness (QED) is 0.287. The van der Waals surface area contributed by atoms with Gasteiger partial charge >= 0.3 is 0 Å². The number of hydrogen-bond acceptors (Lipinski definition) is 4. The van der Waals surface area contributed by atoms with E-state index in [-0.39, 0.29) is 29.0 Å². The van der Waals surface area contributed by atoms with Crippen LogP contribution >= 0.6 is 34.8 Å². The predicted octanol–water partition coefficient (Wildman–Crippen LogP) is 6.03. The molecule has 0 saturated carbocycles. The zero-order chi connectivity index (χ0) is 28.7. The van der Waals surface area contributed by atoms with E-state index < -0.39 is 28.5 Å². The minimum Gasteiger partial charge on any atom is -0.354 e. The van der Waals surface area contributed by atoms with Crippen molar-refractivity contribution in [1.29, 1.82) is 0 Å². The van der Waals surface area contributed by atoms with Crippen molar-refractivity contribution < 1.29 is 18.0 Å². The lowest BCUT2D eigenvalue weighted by Gasteiger charge is -2.32. The molecule has 1 atom stereocenters. The summed E-state index contributed by atoms with van der Waals surface area (Å²) in [5.41, 5.74) is 0.811. The highest BCUT2D eigenvalue weighted by Crippen LogP contribution is 2.28. The van der Waals surface area contributed by atoms with Crippen molar-refractivity contribution in [2.45, 2.75) is 38.3 Å². The number of hydrogen-bond donors (Lipinski definition) is 1. The van der Waals surface area contributed by atoms with Gasteiger partial charge in [-0.3, -0.25) is 13.9 Å². The van der Waals surface area contributed by atoms with E-state index >= 15 is 0 Å². The van der Waals surface area contributed by atoms with E-state index in [1.807, 2.05) is 13.8 Å². The van der Waals surface area contributed by atoms with Gasteiger partial charge in [0, 0.05) is 28.2 Å². The van der Waals surface area contributed by atoms with Crippen molar-refractivity contribution in [2.75, 3.05) is 17.4 Å². The first-order valence-corrected chi connectivity index (χ1v) is 14.8. The number of nitrogens with one attached hydrogen (secondary N) is 1. The standard InChI is InChI=1S/C28H30Cl3N3O4S/c1-19(2)16-32-28(36)20(3)33(17-21-7-4-5-10-26(21)31)27(35)18-34(24-9-6-8-23(30)15-24)39(37,38)25-13-11-22(29)12-14-25/h4-15,19-20H,16-18H2,1-3H3,(H,32,36)/t20-/m0/s1. The van der Waals surface area contributed by atoms with E-state index in [1.165, 1.54) is 35.2 Å². The molecule has 3 rings (SSSR count). The molecule has 0 unspecified atom stereocenters. The van der Waals surface area contributed by atoms with Crippen LogP contribution in [0.5, 0.6) is 0 Å². The molecule has 0 spiro atoms. The van der Waals surface area contributed by atoms with Gasteiger partial charge in [0.2, 0.25) is 11.8 Å². The summed E-state index contributed by atoms with van der Waals surface area (Å²) < 4.78 is 28.5. The fourth-order valence-electron chi connectivity index (χ4n) is 3.74. The van der Waals surface area contributed by atoms with E-state index in [2.05, 4.69) is 5.32 Å². The van der Waals surface area contributed by atoms with Crippen molar-refractivity contribution in [3.63, 3.8) is 0 Å². The lowest BCUT2D eigenvalue weighted by Crippen LogP contribution is -2.51. The van der Waals surface area contributed by atoms with Crippen molar-refractivity contribution in [3.8, 4) is 0 Å². The molecule has 0 heterocycles. The third-order valence-electron chi connectivity index (χ3n) is 5.93. The molecule has 3 aromatic rings. The number of nitrogens with zero attached hydrogens (tertiary/aromatic N) is 2. The van der Waals surface area contributed by atoms with Gasteiger partial charge in [0.15, 0.2) is 0 Å². The molecule has 208 valence electrons. The minimum atomic E-state index is -4.22. The Morgan fingerprint density at radius 2 is 1.54 bits per heavy atom. The number of rotatable bonds is 11. The molecule has 11 heteroatoms. The molecule has 39 heavy (non-hydrogen) atoms. The molecule has 0 bridgehead atoms. The Bertz CT molecular complexity index is 1420. The van der Waals surface area contributed by atoms with Gasteiger partial charge in [-0.25, -0.2) is 8.42 Å². The highest BCUT2D eigenvalue weighted by molar-refractivity contribution is 7.92. The zero-order valence-electron chi connectivity index (χ0n) is 21.8. The summed E-state index contributed by atoms with van der Waals surface area (Å²) in [4.78, 5) is 28.2. The van der Waals surface area contributed by atoms with Crippen LogP contribution in [0, 0.1) is 5.92 Å². The van der Waals surface area contributed by atoms with Gasteiger partial charge in [-0.2, -0.15) is 0 Å². The van der Waals surface area contributed by atoms with Crippen LogP contribution in [0.25, 0.3) is 0 Å². The van der Waals surface area contributed by atoms with Crippen LogP contribution in [0.15, 0.2) is 77.7 Å². The predicted molar refractivity (Wildman–Crippen MR) is 157 cm³/mol. The molecule has 0 saturated heterocycles. The topological polar surface area (TPSA) is 86.8 Å². The van der Waals surface area contributed by atoms with Crippen LogP contribution < -0.4 is 9.62 Å². The largest absolute Gasteiger partial charge is 0.354 e. The second-order valence-corrected chi connectivity index (χ2v) is 12.5. The first-order valence-electron chi connectivity index (χ1n) is 12.2. The van der Waals surface area contributed by atoms with E-state index in [9.17, 15) is 18.0 Å². The molecule has 0 fully saturated rings. The van der Waals surface area contributed by atoms with Crippen LogP contribution in [-0.4, -0.2) is 44.3 Å². The second-order valence-electron chi connectivity index (χ2n) is 9.37. The van der Waals surface area contributed by atoms with E-state index in [0.717, 1.165) is 4.31 Å². The maximum Gasteiger partial charge on any atom is 0.264 e. The summed E-state index contributed by atoms with van der Waals surface area (Å²) in [5.74, 6) is -0.754. The van der Waals surface area contributed by atoms with Crippen LogP contribution in [0.3, 0.4) is 0 Å². The van der Waals surface area contributed by atoms with Gasteiger partial charge in [-0.1, -0.05) is 72.9 Å². The van der Waals surface area contributed by atoms with Crippen molar-refractivity contribution in [2.24, 2.45) is 5.92 Å². The Hall–Kier alpha value is -2.78. The molecule has 7 nitrogen and oxygen atoms in total. The Kier molecular flexibility index (Phi) is 10.7. The number of sulfonamides is 1. The highest BCUT2D eigenvalue weighted by Gasteiger charge is 2.33. The van der Waals surface area contributed by atoms with Crippen molar-refractivity contribution in [3.05, 3.63) is 93.4 Å². The van der Waals surface area contributed by atoms with Gasteiger partial charge in [-0.05, 0) is 66.9 Å². The summed E-state index contributed by atoms with van der Waals surface area (Å²) in [6.07, 6.45) is 0. The molecule has 0 aliphatic carbocycles. The fourth-order valence-corrected chi connectivity index (χ4v) is 5.65. The third-order valence-corrected chi connectivity index (χ3v) is 8.57. The lowest BCUT2D eigenvalue weighted by molar-refractivity contribution is -0.139. The van der Waals surface area contributed by atoms with Crippen LogP contribution in [0.1, 0.15) is 26.3 Å². The highest BCUT2D eigenvalue weighted by atomic mass is 35.5. The number of amides is 2. The van der Waals surface area contributed by atoms with Crippen LogP contribution in [0.4, 0.5) is 5.69 Å². The molecule has 0 aliphatic heterocycles.